The van der Waals surface area contributed by atoms with Crippen LogP contribution in [0.2, 0.25) is 5.02 Å². The first-order chi connectivity index (χ1) is 11.0. The van der Waals surface area contributed by atoms with Gasteiger partial charge in [-0.1, -0.05) is 18.0 Å². The van der Waals surface area contributed by atoms with E-state index in [1.54, 1.807) is 0 Å². The van der Waals surface area contributed by atoms with E-state index in [4.69, 9.17) is 11.6 Å². The quantitative estimate of drug-likeness (QED) is 0.410. The molecular weight excluding hydrogens is 437 g/mol. The number of aliphatic imine (C=N–C) groups is 1. The number of nitrogens with one attached hydrogen (secondary N) is 1. The molecule has 0 saturated carbocycles. The van der Waals surface area contributed by atoms with E-state index in [0.717, 1.165) is 30.6 Å². The highest BCUT2D eigenvalue weighted by Crippen LogP contribution is 2.16. The molecule has 1 aliphatic heterocycles. The smallest absolute Gasteiger partial charge is 0.193 e. The van der Waals surface area contributed by atoms with Crippen LogP contribution in [-0.4, -0.2) is 60.1 Å². The van der Waals surface area contributed by atoms with E-state index >= 15 is 0 Å². The van der Waals surface area contributed by atoms with E-state index < -0.39 is 0 Å². The van der Waals surface area contributed by atoms with Gasteiger partial charge in [-0.05, 0) is 32.4 Å². The van der Waals surface area contributed by atoms with Crippen LogP contribution in [0, 0.1) is 0 Å². The fourth-order valence-corrected chi connectivity index (χ4v) is 3.50. The van der Waals surface area contributed by atoms with Crippen molar-refractivity contribution in [3.63, 3.8) is 0 Å². The number of aryl methyl sites for hydroxylation is 1. The third kappa shape index (κ3) is 6.11. The van der Waals surface area contributed by atoms with Crippen molar-refractivity contribution in [3.05, 3.63) is 23.0 Å². The highest BCUT2D eigenvalue weighted by Gasteiger charge is 2.17. The molecule has 1 aliphatic rings. The van der Waals surface area contributed by atoms with Gasteiger partial charge in [0, 0.05) is 52.2 Å². The van der Waals surface area contributed by atoms with Gasteiger partial charge >= 0.3 is 0 Å². The maximum atomic E-state index is 6.06. The molecule has 0 aliphatic carbocycles. The molecule has 1 atom stereocenters. The fourth-order valence-electron chi connectivity index (χ4n) is 3.23. The largest absolute Gasteiger partial charge is 0.355 e. The van der Waals surface area contributed by atoms with Gasteiger partial charge in [0.05, 0.1) is 11.6 Å². The van der Waals surface area contributed by atoms with Gasteiger partial charge in [0.25, 0.3) is 0 Å². The first kappa shape index (κ1) is 21.6. The van der Waals surface area contributed by atoms with Crippen molar-refractivity contribution >= 4 is 41.5 Å². The predicted octanol–water partition coefficient (Wildman–Crippen LogP) is 3.18. The Morgan fingerprint density at radius 2 is 2.21 bits per heavy atom. The third-order valence-electron chi connectivity index (χ3n) is 4.67. The number of hydrogen-bond acceptors (Lipinski definition) is 2. The summed E-state index contributed by atoms with van der Waals surface area (Å²) >= 11 is 6.06. The molecule has 1 aromatic heterocycles. The molecule has 0 spiro atoms. The van der Waals surface area contributed by atoms with Crippen molar-refractivity contribution in [1.82, 2.24) is 19.7 Å². The molecule has 1 aromatic rings. The monoisotopic (exact) mass is 467 g/mol. The summed E-state index contributed by atoms with van der Waals surface area (Å²) < 4.78 is 2.06. The number of likely N-dealkylation sites (tertiary alicyclic amines) is 1. The molecule has 2 heterocycles. The number of guanidine groups is 1. The van der Waals surface area contributed by atoms with Crippen LogP contribution < -0.4 is 5.32 Å². The van der Waals surface area contributed by atoms with Gasteiger partial charge in [0.15, 0.2) is 5.96 Å². The Hall–Kier alpha value is -0.470. The van der Waals surface area contributed by atoms with Crippen molar-refractivity contribution in [3.8, 4) is 0 Å². The first-order valence-electron chi connectivity index (χ1n) is 8.48. The fraction of sp³-hybridized carbons (Fsp3) is 0.706. The topological polar surface area (TPSA) is 35.8 Å². The van der Waals surface area contributed by atoms with Crippen molar-refractivity contribution in [2.75, 3.05) is 33.7 Å². The van der Waals surface area contributed by atoms with Crippen molar-refractivity contribution < 1.29 is 0 Å². The minimum atomic E-state index is 0. The number of hydrogen-bond donors (Lipinski definition) is 1. The summed E-state index contributed by atoms with van der Waals surface area (Å²) in [5.74, 6) is 0.923. The summed E-state index contributed by atoms with van der Waals surface area (Å²) in [6.45, 7) is 6.33. The van der Waals surface area contributed by atoms with E-state index in [1.807, 2.05) is 26.4 Å². The molecule has 0 aromatic carbocycles. The highest BCUT2D eigenvalue weighted by atomic mass is 127. The second-order valence-electron chi connectivity index (χ2n) is 6.47. The zero-order chi connectivity index (χ0) is 16.8. The standard InChI is InChI=1S/C17H30ClN5.HI/c1-14-7-5-6-9-23(14)10-8-20-17(19-2)22(4)13-16-11-15(18)12-21(16)3;/h11-12,14H,5-10,13H2,1-4H3,(H,19,20);1H. The molecule has 5 nitrogen and oxygen atoms in total. The molecule has 2 rings (SSSR count). The molecular formula is C17H31ClIN5. The zero-order valence-electron chi connectivity index (χ0n) is 15.3. The zero-order valence-corrected chi connectivity index (χ0v) is 18.3. The van der Waals surface area contributed by atoms with Gasteiger partial charge in [0.2, 0.25) is 0 Å². The summed E-state index contributed by atoms with van der Waals surface area (Å²) in [6, 6.07) is 2.71. The Morgan fingerprint density at radius 1 is 1.46 bits per heavy atom. The minimum Gasteiger partial charge on any atom is -0.355 e. The second kappa shape index (κ2) is 10.5. The molecule has 0 bridgehead atoms. The number of piperidine rings is 1. The SMILES string of the molecule is CN=C(NCCN1CCCCC1C)N(C)Cc1cc(Cl)cn1C.I. The number of halogens is 2. The summed E-state index contributed by atoms with van der Waals surface area (Å²) in [5, 5.41) is 4.25. The summed E-state index contributed by atoms with van der Waals surface area (Å²) in [6.07, 6.45) is 5.95. The Balaban J connectivity index is 0.00000288. The van der Waals surface area contributed by atoms with Crippen LogP contribution in [0.4, 0.5) is 0 Å². The lowest BCUT2D eigenvalue weighted by Gasteiger charge is -2.33. The normalized spacial score (nSPS) is 19.0. The maximum Gasteiger partial charge on any atom is 0.193 e. The van der Waals surface area contributed by atoms with Crippen LogP contribution in [0.3, 0.4) is 0 Å². The molecule has 24 heavy (non-hydrogen) atoms. The minimum absolute atomic E-state index is 0. The van der Waals surface area contributed by atoms with Gasteiger partial charge in [-0.25, -0.2) is 0 Å². The Labute approximate surface area is 168 Å². The molecule has 0 radical (unpaired) electrons. The maximum absolute atomic E-state index is 6.06. The molecule has 1 fully saturated rings. The molecule has 138 valence electrons. The molecule has 1 N–H and O–H groups in total. The van der Waals surface area contributed by atoms with Crippen molar-refractivity contribution in [2.45, 2.75) is 38.8 Å². The van der Waals surface area contributed by atoms with Crippen molar-refractivity contribution in [2.24, 2.45) is 12.0 Å². The van der Waals surface area contributed by atoms with Gasteiger partial charge in [-0.15, -0.1) is 24.0 Å². The second-order valence-corrected chi connectivity index (χ2v) is 6.91. The van der Waals surface area contributed by atoms with Crippen LogP contribution in [0.25, 0.3) is 0 Å². The molecule has 1 unspecified atom stereocenters. The van der Waals surface area contributed by atoms with Crippen LogP contribution in [0.15, 0.2) is 17.3 Å². The molecule has 0 amide bonds. The van der Waals surface area contributed by atoms with Crippen LogP contribution in [0.5, 0.6) is 0 Å². The Bertz CT molecular complexity index is 531. The lowest BCUT2D eigenvalue weighted by Crippen LogP contribution is -2.45. The Kier molecular flexibility index (Phi) is 9.44. The first-order valence-corrected chi connectivity index (χ1v) is 8.85. The summed E-state index contributed by atoms with van der Waals surface area (Å²) in [5.41, 5.74) is 1.17. The van der Waals surface area contributed by atoms with Gasteiger partial charge in [-0.2, -0.15) is 0 Å². The number of nitrogens with zero attached hydrogens (tertiary/aromatic N) is 4. The van der Waals surface area contributed by atoms with Crippen molar-refractivity contribution in [1.29, 1.82) is 0 Å². The highest BCUT2D eigenvalue weighted by molar-refractivity contribution is 14.0. The molecule has 7 heteroatoms. The van der Waals surface area contributed by atoms with Gasteiger partial charge < -0.3 is 14.8 Å². The number of rotatable bonds is 5. The summed E-state index contributed by atoms with van der Waals surface area (Å²) in [4.78, 5) is 9.09. The predicted molar refractivity (Wildman–Crippen MR) is 114 cm³/mol. The van der Waals surface area contributed by atoms with E-state index in [0.29, 0.717) is 6.04 Å². The summed E-state index contributed by atoms with van der Waals surface area (Å²) in [7, 11) is 5.91. The van der Waals surface area contributed by atoms with Gasteiger partial charge in [0.1, 0.15) is 0 Å². The van der Waals surface area contributed by atoms with E-state index in [2.05, 4.69) is 38.6 Å². The van der Waals surface area contributed by atoms with E-state index in [9.17, 15) is 0 Å². The molecule has 1 saturated heterocycles. The lowest BCUT2D eigenvalue weighted by molar-refractivity contribution is 0.163. The van der Waals surface area contributed by atoms with Crippen LogP contribution in [-0.2, 0) is 13.6 Å². The third-order valence-corrected chi connectivity index (χ3v) is 4.88. The van der Waals surface area contributed by atoms with Crippen LogP contribution >= 0.6 is 35.6 Å². The number of aromatic nitrogens is 1. The van der Waals surface area contributed by atoms with E-state index in [-0.39, 0.29) is 24.0 Å². The average Bonchev–Trinajstić information content (AvgIpc) is 2.83. The van der Waals surface area contributed by atoms with E-state index in [1.165, 1.54) is 31.5 Å². The van der Waals surface area contributed by atoms with Crippen LogP contribution in [0.1, 0.15) is 31.9 Å². The Morgan fingerprint density at radius 3 is 2.79 bits per heavy atom. The average molecular weight is 468 g/mol. The lowest BCUT2D eigenvalue weighted by atomic mass is 10.0. The van der Waals surface area contributed by atoms with Gasteiger partial charge in [-0.3, -0.25) is 9.89 Å².